The van der Waals surface area contributed by atoms with Crippen molar-refractivity contribution in [3.05, 3.63) is 40.7 Å². The van der Waals surface area contributed by atoms with E-state index in [9.17, 15) is 4.39 Å². The number of hydrogen-bond donors (Lipinski definition) is 2. The van der Waals surface area contributed by atoms with E-state index in [-0.39, 0.29) is 22.5 Å². The Kier molecular flexibility index (Phi) is 11.5. The molecular weight excluding hydrogens is 413 g/mol. The van der Waals surface area contributed by atoms with Crippen molar-refractivity contribution < 1.29 is 4.39 Å². The van der Waals surface area contributed by atoms with Gasteiger partial charge < -0.3 is 10.6 Å². The van der Waals surface area contributed by atoms with Crippen molar-refractivity contribution in [3.8, 4) is 0 Å². The van der Waals surface area contributed by atoms with Gasteiger partial charge in [0.2, 0.25) is 0 Å². The molecule has 31 heavy (non-hydrogen) atoms. The van der Waals surface area contributed by atoms with Gasteiger partial charge in [0.1, 0.15) is 5.82 Å². The Balaban J connectivity index is 2.64. The highest BCUT2D eigenvalue weighted by atomic mass is 35.5. The van der Waals surface area contributed by atoms with Gasteiger partial charge >= 0.3 is 0 Å². The summed E-state index contributed by atoms with van der Waals surface area (Å²) >= 11 is 5.92. The van der Waals surface area contributed by atoms with Crippen molar-refractivity contribution >= 4 is 17.3 Å². The maximum Gasteiger partial charge on any atom is 0.141 e. The summed E-state index contributed by atoms with van der Waals surface area (Å²) in [5.41, 5.74) is 2.07. The molecule has 0 aliphatic rings. The van der Waals surface area contributed by atoms with E-state index in [4.69, 9.17) is 11.6 Å². The Hall–Kier alpha value is -1.66. The van der Waals surface area contributed by atoms with Gasteiger partial charge in [0.15, 0.2) is 0 Å². The van der Waals surface area contributed by atoms with Crippen molar-refractivity contribution in [3.63, 3.8) is 0 Å². The Morgan fingerprint density at radius 2 is 1.97 bits per heavy atom. The van der Waals surface area contributed by atoms with Crippen LogP contribution in [-0.4, -0.2) is 43.3 Å². The quantitative estimate of drug-likeness (QED) is 0.198. The number of anilines is 1. The van der Waals surface area contributed by atoms with Crippen LogP contribution in [0.1, 0.15) is 61.3 Å². The predicted molar refractivity (Wildman–Crippen MR) is 131 cm³/mol. The molecule has 1 unspecified atom stereocenters. The summed E-state index contributed by atoms with van der Waals surface area (Å²) in [6.07, 6.45) is 3.96. The molecule has 1 aromatic rings. The van der Waals surface area contributed by atoms with Crippen LogP contribution in [0, 0.1) is 11.2 Å². The molecule has 0 spiro atoms. The zero-order chi connectivity index (χ0) is 23.6. The zero-order valence-electron chi connectivity index (χ0n) is 20.5. The number of halogens is 2. The first-order valence-electron chi connectivity index (χ1n) is 11.2. The molecule has 1 rings (SSSR count). The fourth-order valence-corrected chi connectivity index (χ4v) is 3.16. The van der Waals surface area contributed by atoms with Crippen LogP contribution in [0.3, 0.4) is 0 Å². The molecule has 0 fully saturated rings. The first kappa shape index (κ1) is 27.4. The number of rotatable bonds is 13. The maximum absolute atomic E-state index is 13.4. The summed E-state index contributed by atoms with van der Waals surface area (Å²) in [5.74, 6) is -0.413. The smallest absolute Gasteiger partial charge is 0.141 e. The molecule has 176 valence electrons. The lowest BCUT2D eigenvalue weighted by atomic mass is 9.82. The van der Waals surface area contributed by atoms with Crippen molar-refractivity contribution in [1.29, 1.82) is 0 Å². The van der Waals surface area contributed by atoms with Gasteiger partial charge in [-0.2, -0.15) is 5.11 Å². The minimum atomic E-state index is -0.413. The third kappa shape index (κ3) is 10.0. The molecule has 0 radical (unpaired) electrons. The Morgan fingerprint density at radius 1 is 1.29 bits per heavy atom. The van der Waals surface area contributed by atoms with E-state index in [1.54, 1.807) is 12.1 Å². The SMILES string of the molecule is C/C=C(\C)C(CCN(C)/N=N\[C@H](C)C(C)(C)CCNC(C)C)Nc1ccc(F)c(Cl)c1. The molecule has 2 N–H and O–H groups in total. The monoisotopic (exact) mass is 453 g/mol. The maximum atomic E-state index is 13.4. The summed E-state index contributed by atoms with van der Waals surface area (Å²) in [4.78, 5) is 0. The summed E-state index contributed by atoms with van der Waals surface area (Å²) in [6.45, 7) is 16.7. The standard InChI is InChI=1S/C24H41ClFN5/c1-9-18(4)23(28-20-10-11-22(26)21(25)16-20)12-15-31(8)30-29-19(5)24(6,7)13-14-27-17(2)3/h9-11,16-17,19,23,27-28H,12-15H2,1-8H3/b18-9+,30-29-/t19-,23?/m1/s1. The molecule has 0 amide bonds. The summed E-state index contributed by atoms with van der Waals surface area (Å²) < 4.78 is 13.4. The van der Waals surface area contributed by atoms with Crippen LogP contribution < -0.4 is 10.6 Å². The van der Waals surface area contributed by atoms with Gasteiger partial charge in [-0.3, -0.25) is 5.01 Å². The van der Waals surface area contributed by atoms with E-state index >= 15 is 0 Å². The molecular formula is C24H41ClFN5. The van der Waals surface area contributed by atoms with E-state index in [0.717, 1.165) is 31.6 Å². The van der Waals surface area contributed by atoms with Crippen molar-refractivity contribution in [2.45, 2.75) is 79.4 Å². The molecule has 0 saturated carbocycles. The molecule has 0 aliphatic heterocycles. The summed E-state index contributed by atoms with van der Waals surface area (Å²) in [6, 6.07) is 5.42. The molecule has 0 aromatic heterocycles. The topological polar surface area (TPSA) is 52.0 Å². The Morgan fingerprint density at radius 3 is 2.55 bits per heavy atom. The number of allylic oxidation sites excluding steroid dienone is 1. The van der Waals surface area contributed by atoms with Crippen molar-refractivity contribution in [1.82, 2.24) is 10.3 Å². The van der Waals surface area contributed by atoms with Crippen LogP contribution >= 0.6 is 11.6 Å². The first-order valence-corrected chi connectivity index (χ1v) is 11.5. The van der Waals surface area contributed by atoms with Crippen LogP contribution in [0.2, 0.25) is 5.02 Å². The van der Waals surface area contributed by atoms with E-state index in [1.807, 2.05) is 19.0 Å². The predicted octanol–water partition coefficient (Wildman–Crippen LogP) is 6.72. The van der Waals surface area contributed by atoms with Gasteiger partial charge in [-0.25, -0.2) is 4.39 Å². The lowest BCUT2D eigenvalue weighted by Gasteiger charge is -2.29. The molecule has 1 aromatic carbocycles. The highest BCUT2D eigenvalue weighted by Gasteiger charge is 2.25. The van der Waals surface area contributed by atoms with Gasteiger partial charge in [-0.05, 0) is 63.8 Å². The van der Waals surface area contributed by atoms with Gasteiger partial charge in [0, 0.05) is 31.4 Å². The fourth-order valence-electron chi connectivity index (χ4n) is 2.98. The number of nitrogens with one attached hydrogen (secondary N) is 2. The average Bonchev–Trinajstić information content (AvgIpc) is 2.70. The van der Waals surface area contributed by atoms with Crippen LogP contribution in [-0.2, 0) is 0 Å². The highest BCUT2D eigenvalue weighted by molar-refractivity contribution is 6.31. The van der Waals surface area contributed by atoms with E-state index in [2.05, 4.69) is 68.6 Å². The number of benzene rings is 1. The molecule has 0 heterocycles. The van der Waals surface area contributed by atoms with Crippen LogP contribution in [0.15, 0.2) is 40.2 Å². The minimum absolute atomic E-state index is 0.0692. The number of nitrogens with zero attached hydrogens (tertiary/aromatic N) is 3. The lowest BCUT2D eigenvalue weighted by molar-refractivity contribution is 0.239. The van der Waals surface area contributed by atoms with Crippen molar-refractivity contribution in [2.24, 2.45) is 15.8 Å². The third-order valence-corrected chi connectivity index (χ3v) is 6.13. The van der Waals surface area contributed by atoms with Crippen LogP contribution in [0.4, 0.5) is 10.1 Å². The first-order chi connectivity index (χ1) is 14.5. The molecule has 0 saturated heterocycles. The van der Waals surface area contributed by atoms with E-state index < -0.39 is 5.82 Å². The van der Waals surface area contributed by atoms with Gasteiger partial charge in [-0.1, -0.05) is 56.2 Å². The van der Waals surface area contributed by atoms with E-state index in [1.165, 1.54) is 11.6 Å². The Bertz CT molecular complexity index is 733. The van der Waals surface area contributed by atoms with Crippen molar-refractivity contribution in [2.75, 3.05) is 25.5 Å². The average molecular weight is 454 g/mol. The Labute approximate surface area is 193 Å². The summed E-state index contributed by atoms with van der Waals surface area (Å²) in [5, 5.41) is 17.9. The van der Waals surface area contributed by atoms with Gasteiger partial charge in [0.05, 0.1) is 11.1 Å². The molecule has 5 nitrogen and oxygen atoms in total. The molecule has 7 heteroatoms. The molecule has 0 bridgehead atoms. The fraction of sp³-hybridized carbons (Fsp3) is 0.667. The molecule has 0 aliphatic carbocycles. The highest BCUT2D eigenvalue weighted by Crippen LogP contribution is 2.27. The second-order valence-electron chi connectivity index (χ2n) is 9.26. The summed E-state index contributed by atoms with van der Waals surface area (Å²) in [7, 11) is 1.94. The normalized spacial score (nSPS) is 14.9. The van der Waals surface area contributed by atoms with Gasteiger partial charge in [0.25, 0.3) is 0 Å². The van der Waals surface area contributed by atoms with E-state index in [0.29, 0.717) is 6.04 Å². The lowest BCUT2D eigenvalue weighted by Crippen LogP contribution is -2.32. The zero-order valence-corrected chi connectivity index (χ0v) is 21.2. The van der Waals surface area contributed by atoms with Crippen LogP contribution in [0.5, 0.6) is 0 Å². The second-order valence-corrected chi connectivity index (χ2v) is 9.66. The number of hydrogen-bond acceptors (Lipinski definition) is 4. The second kappa shape index (κ2) is 13.0. The van der Waals surface area contributed by atoms with Gasteiger partial charge in [-0.15, -0.1) is 0 Å². The largest absolute Gasteiger partial charge is 0.378 e. The molecule has 2 atom stereocenters. The third-order valence-electron chi connectivity index (χ3n) is 5.84. The van der Waals surface area contributed by atoms with Crippen LogP contribution in [0.25, 0.3) is 0 Å². The minimum Gasteiger partial charge on any atom is -0.378 e.